The van der Waals surface area contributed by atoms with Crippen LogP contribution in [0.15, 0.2) is 24.5 Å². The summed E-state index contributed by atoms with van der Waals surface area (Å²) < 4.78 is 0. The minimum absolute atomic E-state index is 0.316. The van der Waals surface area contributed by atoms with Gasteiger partial charge in [0.05, 0.1) is 0 Å². The number of piperidine rings is 1. The summed E-state index contributed by atoms with van der Waals surface area (Å²) in [6, 6.07) is 5.28. The van der Waals surface area contributed by atoms with Gasteiger partial charge in [0.25, 0.3) is 0 Å². The number of nitrogens with one attached hydrogen (secondary N) is 1. The molecule has 1 aliphatic rings. The Labute approximate surface area is 84.7 Å². The van der Waals surface area contributed by atoms with Crippen LogP contribution in [-0.4, -0.2) is 17.1 Å². The molecule has 2 heterocycles. The summed E-state index contributed by atoms with van der Waals surface area (Å²) in [5.74, 6) is 0. The van der Waals surface area contributed by atoms with E-state index in [4.69, 9.17) is 5.73 Å². The van der Waals surface area contributed by atoms with E-state index in [0.29, 0.717) is 18.1 Å². The van der Waals surface area contributed by atoms with Crippen LogP contribution in [0.4, 0.5) is 0 Å². The highest BCUT2D eigenvalue weighted by Gasteiger charge is 2.24. The Morgan fingerprint density at radius 1 is 1.50 bits per heavy atom. The molecule has 76 valence electrons. The molecule has 2 rings (SSSR count). The Kier molecular flexibility index (Phi) is 2.79. The van der Waals surface area contributed by atoms with Crippen LogP contribution in [0.25, 0.3) is 0 Å². The van der Waals surface area contributed by atoms with Crippen molar-refractivity contribution in [1.82, 2.24) is 10.3 Å². The van der Waals surface area contributed by atoms with Crippen LogP contribution in [0.1, 0.15) is 31.4 Å². The van der Waals surface area contributed by atoms with Gasteiger partial charge in [0.1, 0.15) is 0 Å². The Hall–Kier alpha value is -0.930. The minimum atomic E-state index is 0.316. The molecule has 0 bridgehead atoms. The van der Waals surface area contributed by atoms with E-state index in [9.17, 15) is 0 Å². The fraction of sp³-hybridized carbons (Fsp3) is 0.545. The zero-order valence-corrected chi connectivity index (χ0v) is 8.48. The molecule has 3 nitrogen and oxygen atoms in total. The van der Waals surface area contributed by atoms with Crippen molar-refractivity contribution in [3.8, 4) is 0 Å². The Morgan fingerprint density at radius 2 is 2.36 bits per heavy atom. The van der Waals surface area contributed by atoms with Gasteiger partial charge in [-0.25, -0.2) is 0 Å². The lowest BCUT2D eigenvalue weighted by molar-refractivity contribution is 0.307. The number of hydrogen-bond acceptors (Lipinski definition) is 3. The average molecular weight is 191 g/mol. The van der Waals surface area contributed by atoms with Gasteiger partial charge < -0.3 is 11.1 Å². The SMILES string of the molecule is C[C@H]1C[C@@H](N)C[C@@H](c2cccnc2)N1. The predicted octanol–water partition coefficient (Wildman–Crippen LogP) is 1.22. The summed E-state index contributed by atoms with van der Waals surface area (Å²) in [6.45, 7) is 2.18. The highest BCUT2D eigenvalue weighted by molar-refractivity contribution is 5.15. The van der Waals surface area contributed by atoms with Gasteiger partial charge >= 0.3 is 0 Å². The predicted molar refractivity (Wildman–Crippen MR) is 56.8 cm³/mol. The second-order valence-corrected chi connectivity index (χ2v) is 4.14. The highest BCUT2D eigenvalue weighted by atomic mass is 15.0. The summed E-state index contributed by atoms with van der Waals surface area (Å²) in [7, 11) is 0. The number of aromatic nitrogens is 1. The van der Waals surface area contributed by atoms with Gasteiger partial charge in [0.15, 0.2) is 0 Å². The van der Waals surface area contributed by atoms with Crippen LogP contribution in [0.5, 0.6) is 0 Å². The molecule has 1 fully saturated rings. The third-order valence-corrected chi connectivity index (χ3v) is 2.77. The van der Waals surface area contributed by atoms with E-state index in [2.05, 4.69) is 23.3 Å². The zero-order chi connectivity index (χ0) is 9.97. The number of hydrogen-bond donors (Lipinski definition) is 2. The maximum absolute atomic E-state index is 5.99. The maximum Gasteiger partial charge on any atom is 0.0352 e. The summed E-state index contributed by atoms with van der Waals surface area (Å²) in [5.41, 5.74) is 7.24. The first kappa shape index (κ1) is 9.62. The van der Waals surface area contributed by atoms with E-state index < -0.39 is 0 Å². The molecule has 14 heavy (non-hydrogen) atoms. The molecule has 1 saturated heterocycles. The maximum atomic E-state index is 5.99. The second kappa shape index (κ2) is 4.07. The largest absolute Gasteiger partial charge is 0.328 e. The minimum Gasteiger partial charge on any atom is -0.328 e. The average Bonchev–Trinajstić information content (AvgIpc) is 2.18. The van der Waals surface area contributed by atoms with Crippen molar-refractivity contribution < 1.29 is 0 Å². The molecule has 1 aromatic heterocycles. The van der Waals surface area contributed by atoms with Gasteiger partial charge in [0, 0.05) is 30.5 Å². The fourth-order valence-electron chi connectivity index (χ4n) is 2.15. The third kappa shape index (κ3) is 2.11. The Balaban J connectivity index is 2.11. The molecule has 0 spiro atoms. The number of rotatable bonds is 1. The molecule has 0 aromatic carbocycles. The van der Waals surface area contributed by atoms with Crippen molar-refractivity contribution in [1.29, 1.82) is 0 Å². The van der Waals surface area contributed by atoms with Crippen molar-refractivity contribution in [3.05, 3.63) is 30.1 Å². The number of nitrogens with zero attached hydrogens (tertiary/aromatic N) is 1. The first-order chi connectivity index (χ1) is 6.75. The molecular formula is C11H17N3. The smallest absolute Gasteiger partial charge is 0.0352 e. The van der Waals surface area contributed by atoms with E-state index in [1.54, 1.807) is 6.20 Å². The van der Waals surface area contributed by atoms with Crippen molar-refractivity contribution in [2.45, 2.75) is 37.9 Å². The van der Waals surface area contributed by atoms with E-state index in [1.807, 2.05) is 12.3 Å². The first-order valence-electron chi connectivity index (χ1n) is 5.17. The standard InChI is InChI=1S/C11H17N3/c1-8-5-10(12)6-11(14-8)9-3-2-4-13-7-9/h2-4,7-8,10-11,14H,5-6,12H2,1H3/t8-,10+,11-/m0/s1. The Bertz CT molecular complexity index is 276. The van der Waals surface area contributed by atoms with Gasteiger partial charge in [-0.3, -0.25) is 4.98 Å². The van der Waals surface area contributed by atoms with Crippen molar-refractivity contribution in [2.75, 3.05) is 0 Å². The second-order valence-electron chi connectivity index (χ2n) is 4.14. The normalized spacial score (nSPS) is 32.9. The van der Waals surface area contributed by atoms with Gasteiger partial charge in [-0.15, -0.1) is 0 Å². The Morgan fingerprint density at radius 3 is 3.00 bits per heavy atom. The van der Waals surface area contributed by atoms with Crippen LogP contribution >= 0.6 is 0 Å². The van der Waals surface area contributed by atoms with Gasteiger partial charge in [-0.2, -0.15) is 0 Å². The molecule has 0 aliphatic carbocycles. The van der Waals surface area contributed by atoms with Crippen molar-refractivity contribution in [3.63, 3.8) is 0 Å². The zero-order valence-electron chi connectivity index (χ0n) is 8.48. The monoisotopic (exact) mass is 191 g/mol. The van der Waals surface area contributed by atoms with Gasteiger partial charge in [0.2, 0.25) is 0 Å². The lowest BCUT2D eigenvalue weighted by atomic mass is 9.91. The third-order valence-electron chi connectivity index (χ3n) is 2.77. The van der Waals surface area contributed by atoms with Gasteiger partial charge in [-0.05, 0) is 31.4 Å². The summed E-state index contributed by atoms with van der Waals surface area (Å²) >= 11 is 0. The van der Waals surface area contributed by atoms with E-state index in [-0.39, 0.29) is 0 Å². The lowest BCUT2D eigenvalue weighted by Gasteiger charge is -2.33. The lowest BCUT2D eigenvalue weighted by Crippen LogP contribution is -2.44. The quantitative estimate of drug-likeness (QED) is 0.701. The van der Waals surface area contributed by atoms with Crippen LogP contribution < -0.4 is 11.1 Å². The van der Waals surface area contributed by atoms with Crippen LogP contribution in [-0.2, 0) is 0 Å². The topological polar surface area (TPSA) is 50.9 Å². The highest BCUT2D eigenvalue weighted by Crippen LogP contribution is 2.23. The summed E-state index contributed by atoms with van der Waals surface area (Å²) in [5, 5.41) is 3.54. The van der Waals surface area contributed by atoms with E-state index in [1.165, 1.54) is 5.56 Å². The molecule has 0 radical (unpaired) electrons. The molecular weight excluding hydrogens is 174 g/mol. The molecule has 1 aliphatic heterocycles. The fourth-order valence-corrected chi connectivity index (χ4v) is 2.15. The van der Waals surface area contributed by atoms with Crippen LogP contribution in [0.3, 0.4) is 0 Å². The van der Waals surface area contributed by atoms with E-state index >= 15 is 0 Å². The van der Waals surface area contributed by atoms with Crippen molar-refractivity contribution >= 4 is 0 Å². The molecule has 1 aromatic rings. The molecule has 0 amide bonds. The van der Waals surface area contributed by atoms with Gasteiger partial charge in [-0.1, -0.05) is 6.07 Å². The molecule has 3 heteroatoms. The molecule has 3 atom stereocenters. The van der Waals surface area contributed by atoms with Crippen molar-refractivity contribution in [2.24, 2.45) is 5.73 Å². The molecule has 3 N–H and O–H groups in total. The van der Waals surface area contributed by atoms with E-state index in [0.717, 1.165) is 12.8 Å². The van der Waals surface area contributed by atoms with Crippen LogP contribution in [0, 0.1) is 0 Å². The molecule has 0 unspecified atom stereocenters. The molecule has 0 saturated carbocycles. The van der Waals surface area contributed by atoms with Crippen LogP contribution in [0.2, 0.25) is 0 Å². The summed E-state index contributed by atoms with van der Waals surface area (Å²) in [6.07, 6.45) is 5.80. The number of nitrogens with two attached hydrogens (primary N) is 1. The summed E-state index contributed by atoms with van der Waals surface area (Å²) in [4.78, 5) is 4.13. The number of pyridine rings is 1. The first-order valence-corrected chi connectivity index (χ1v) is 5.17.